The van der Waals surface area contributed by atoms with Crippen LogP contribution in [0.25, 0.3) is 10.9 Å². The molecule has 0 aliphatic carbocycles. The van der Waals surface area contributed by atoms with E-state index in [-0.39, 0.29) is 15.9 Å². The lowest BCUT2D eigenvalue weighted by atomic mass is 9.88. The van der Waals surface area contributed by atoms with Crippen molar-refractivity contribution in [3.05, 3.63) is 17.7 Å². The first-order valence-corrected chi connectivity index (χ1v) is 12.9. The number of benzene rings is 1. The van der Waals surface area contributed by atoms with Crippen LogP contribution in [0.2, 0.25) is 0 Å². The predicted octanol–water partition coefficient (Wildman–Crippen LogP) is 5.91. The Morgan fingerprint density at radius 3 is 2.21 bits per heavy atom. The van der Waals surface area contributed by atoms with Gasteiger partial charge in [0, 0.05) is 36.3 Å². The summed E-state index contributed by atoms with van der Waals surface area (Å²) in [5.41, 5.74) is 5.58. The van der Waals surface area contributed by atoms with Crippen LogP contribution >= 0.6 is 11.8 Å². The van der Waals surface area contributed by atoms with Crippen molar-refractivity contribution in [3.8, 4) is 5.75 Å². The van der Waals surface area contributed by atoms with Crippen LogP contribution in [0.15, 0.2) is 17.2 Å². The van der Waals surface area contributed by atoms with Gasteiger partial charge in [-0.3, -0.25) is 5.43 Å². The smallest absolute Gasteiger partial charge is 0.422 e. The molecule has 7 nitrogen and oxygen atoms in total. The predicted molar refractivity (Wildman–Crippen MR) is 142 cm³/mol. The number of thioether (sulfide) groups is 1. The molecule has 0 bridgehead atoms. The van der Waals surface area contributed by atoms with Gasteiger partial charge in [0.1, 0.15) is 17.0 Å². The van der Waals surface area contributed by atoms with Crippen LogP contribution in [0.5, 0.6) is 5.75 Å². The van der Waals surface area contributed by atoms with Crippen LogP contribution in [0.4, 0.5) is 10.5 Å². The van der Waals surface area contributed by atoms with Crippen LogP contribution in [0, 0.1) is 5.41 Å². The zero-order valence-corrected chi connectivity index (χ0v) is 23.1. The number of hydrogen-bond donors (Lipinski definition) is 3. The molecule has 3 N–H and O–H groups in total. The quantitative estimate of drug-likeness (QED) is 0.462. The Kier molecular flexibility index (Phi) is 7.44. The zero-order chi connectivity index (χ0) is 25.5. The Hall–Kier alpha value is -2.06. The van der Waals surface area contributed by atoms with Gasteiger partial charge >= 0.3 is 6.09 Å². The molecule has 1 aliphatic heterocycles. The molecule has 1 fully saturated rings. The van der Waals surface area contributed by atoms with Crippen molar-refractivity contribution in [1.29, 1.82) is 0 Å². The van der Waals surface area contributed by atoms with E-state index in [1.54, 1.807) is 0 Å². The van der Waals surface area contributed by atoms with Gasteiger partial charge in [0.25, 0.3) is 0 Å². The number of nitrogens with zero attached hydrogens (tertiary/aromatic N) is 2. The van der Waals surface area contributed by atoms with Crippen molar-refractivity contribution in [1.82, 2.24) is 15.4 Å². The number of nitrogens with one attached hydrogen (secondary N) is 2. The minimum atomic E-state index is -0.533. The number of carbonyl (C=O) groups excluding carboxylic acids is 1. The fourth-order valence-corrected chi connectivity index (χ4v) is 5.23. The van der Waals surface area contributed by atoms with Crippen molar-refractivity contribution in [2.45, 2.75) is 84.1 Å². The van der Waals surface area contributed by atoms with Crippen LogP contribution in [-0.4, -0.2) is 57.7 Å². The molecule has 0 atom stereocenters. The summed E-state index contributed by atoms with van der Waals surface area (Å²) < 4.78 is 5.44. The first-order chi connectivity index (χ1) is 15.5. The van der Waals surface area contributed by atoms with Crippen LogP contribution in [0.1, 0.15) is 67.9 Å². The number of piperazine rings is 1. The number of fused-ring (bicyclic) bond motifs is 1. The minimum Gasteiger partial charge on any atom is -0.506 e. The van der Waals surface area contributed by atoms with E-state index >= 15 is 0 Å². The second-order valence-electron chi connectivity index (χ2n) is 12.3. The number of hydrogen-bond acceptors (Lipinski definition) is 6. The van der Waals surface area contributed by atoms with Crippen LogP contribution in [-0.2, 0) is 11.2 Å². The number of phenolic OH excluding ortho intramolecular Hbond substituents is 1. The Bertz CT molecular complexity index is 1020. The van der Waals surface area contributed by atoms with Gasteiger partial charge in [-0.2, -0.15) is 0 Å². The third-order valence-corrected chi connectivity index (χ3v) is 6.52. The fraction of sp³-hybridized carbons (Fsp3) is 0.654. The van der Waals surface area contributed by atoms with E-state index in [9.17, 15) is 9.90 Å². The fourth-order valence-electron chi connectivity index (χ4n) is 4.16. The first kappa shape index (κ1) is 26.5. The molecule has 0 unspecified atom stereocenters. The van der Waals surface area contributed by atoms with Gasteiger partial charge in [-0.25, -0.2) is 9.80 Å². The zero-order valence-electron chi connectivity index (χ0n) is 22.3. The maximum absolute atomic E-state index is 12.1. The number of aromatic amines is 1. The number of phenols is 1. The van der Waals surface area contributed by atoms with Gasteiger partial charge in [-0.1, -0.05) is 41.5 Å². The van der Waals surface area contributed by atoms with E-state index < -0.39 is 11.7 Å². The van der Waals surface area contributed by atoms with E-state index in [4.69, 9.17) is 4.74 Å². The Labute approximate surface area is 208 Å². The lowest BCUT2D eigenvalue weighted by Crippen LogP contribution is -2.54. The van der Waals surface area contributed by atoms with Gasteiger partial charge in [-0.05, 0) is 50.3 Å². The average Bonchev–Trinajstić information content (AvgIpc) is 2.94. The number of ether oxygens (including phenoxy) is 1. The molecule has 1 amide bonds. The second kappa shape index (κ2) is 9.53. The highest BCUT2D eigenvalue weighted by Gasteiger charge is 2.28. The largest absolute Gasteiger partial charge is 0.506 e. The van der Waals surface area contributed by atoms with Gasteiger partial charge in [0.2, 0.25) is 0 Å². The highest BCUT2D eigenvalue weighted by atomic mass is 32.2. The number of amides is 1. The number of carbonyl (C=O) groups is 1. The molecule has 2 aromatic rings. The second-order valence-corrected chi connectivity index (χ2v) is 14.2. The van der Waals surface area contributed by atoms with Crippen molar-refractivity contribution in [2.24, 2.45) is 5.41 Å². The molecule has 34 heavy (non-hydrogen) atoms. The maximum Gasteiger partial charge on any atom is 0.422 e. The average molecular weight is 491 g/mol. The minimum absolute atomic E-state index is 0.0642. The van der Waals surface area contributed by atoms with Gasteiger partial charge in [0.15, 0.2) is 0 Å². The Balaban J connectivity index is 1.88. The van der Waals surface area contributed by atoms with E-state index in [0.717, 1.165) is 17.6 Å². The lowest BCUT2D eigenvalue weighted by Gasteiger charge is -2.36. The van der Waals surface area contributed by atoms with Gasteiger partial charge < -0.3 is 19.7 Å². The van der Waals surface area contributed by atoms with Gasteiger partial charge in [0.05, 0.1) is 10.5 Å². The molecule has 1 saturated heterocycles. The van der Waals surface area contributed by atoms with E-state index in [1.807, 2.05) is 49.7 Å². The summed E-state index contributed by atoms with van der Waals surface area (Å²) in [6.45, 7) is 21.6. The Morgan fingerprint density at radius 1 is 1.06 bits per heavy atom. The summed E-state index contributed by atoms with van der Waals surface area (Å²) in [6, 6.07) is 3.85. The number of aromatic hydroxyl groups is 1. The van der Waals surface area contributed by atoms with E-state index in [0.29, 0.717) is 26.2 Å². The molecule has 0 saturated carbocycles. The normalized spacial score (nSPS) is 16.2. The molecule has 3 rings (SSSR count). The molecule has 2 heterocycles. The topological polar surface area (TPSA) is 80.8 Å². The number of H-pyrrole nitrogens is 1. The van der Waals surface area contributed by atoms with E-state index in [1.165, 1.54) is 16.0 Å². The van der Waals surface area contributed by atoms with Crippen LogP contribution < -0.4 is 10.3 Å². The summed E-state index contributed by atoms with van der Waals surface area (Å²) in [5, 5.41) is 15.1. The molecule has 1 aromatic heterocycles. The van der Waals surface area contributed by atoms with Crippen LogP contribution in [0.3, 0.4) is 0 Å². The third kappa shape index (κ3) is 6.98. The highest BCUT2D eigenvalue weighted by Crippen LogP contribution is 2.44. The lowest BCUT2D eigenvalue weighted by molar-refractivity contribution is 0.0320. The van der Waals surface area contributed by atoms with Crippen molar-refractivity contribution >= 4 is 34.4 Å². The summed E-state index contributed by atoms with van der Waals surface area (Å²) in [6.07, 6.45) is 0.509. The molecule has 190 valence electrons. The highest BCUT2D eigenvalue weighted by molar-refractivity contribution is 8.00. The van der Waals surface area contributed by atoms with Crippen molar-refractivity contribution in [3.63, 3.8) is 0 Å². The molecule has 1 aromatic carbocycles. The molecular weight excluding hydrogens is 448 g/mol. The van der Waals surface area contributed by atoms with E-state index in [2.05, 4.69) is 56.9 Å². The Morgan fingerprint density at radius 2 is 1.68 bits per heavy atom. The molecule has 1 aliphatic rings. The standard InChI is InChI=1S/C26H42N4O3S/c1-24(2,3)16-18-17-10-11-19(31)21(20(17)27-22(18)34-26(7,8)9)29-12-14-30(15-13-29)28-23(32)33-25(4,5)6/h10-11,27,31H,12-16H2,1-9H3,(H,28,32). The monoisotopic (exact) mass is 490 g/mol. The van der Waals surface area contributed by atoms with Crippen molar-refractivity contribution < 1.29 is 14.6 Å². The molecule has 0 spiro atoms. The molecule has 8 heteroatoms. The van der Waals surface area contributed by atoms with Crippen molar-refractivity contribution in [2.75, 3.05) is 31.1 Å². The molecule has 0 radical (unpaired) electrons. The summed E-state index contributed by atoms with van der Waals surface area (Å²) in [4.78, 5) is 18.0. The summed E-state index contributed by atoms with van der Waals surface area (Å²) in [7, 11) is 0. The number of anilines is 1. The third-order valence-electron chi connectivity index (χ3n) is 5.35. The first-order valence-electron chi connectivity index (χ1n) is 12.1. The molecular formula is C26H42N4O3S. The number of hydrazine groups is 1. The van der Waals surface area contributed by atoms with Gasteiger partial charge in [-0.15, -0.1) is 11.8 Å². The summed E-state index contributed by atoms with van der Waals surface area (Å²) in [5.74, 6) is 0.275. The number of aromatic nitrogens is 1. The number of rotatable bonds is 4. The maximum atomic E-state index is 12.1. The summed E-state index contributed by atoms with van der Waals surface area (Å²) >= 11 is 1.84. The SMILES string of the molecule is CC(C)(C)Cc1c(SC(C)(C)C)[nH]c2c(N3CCN(NC(=O)OC(C)(C)C)CC3)c(O)ccc12.